The van der Waals surface area contributed by atoms with Gasteiger partial charge in [0.25, 0.3) is 5.91 Å². The van der Waals surface area contributed by atoms with Crippen LogP contribution in [0.5, 0.6) is 0 Å². The summed E-state index contributed by atoms with van der Waals surface area (Å²) < 4.78 is 2.25. The molecule has 1 amide bonds. The molecule has 0 atom stereocenters. The topological polar surface area (TPSA) is 51.0 Å². The van der Waals surface area contributed by atoms with E-state index in [0.29, 0.717) is 0 Å². The summed E-state index contributed by atoms with van der Waals surface area (Å²) in [6, 6.07) is 18.5. The Balaban J connectivity index is 1.35. The first-order valence-electron chi connectivity index (χ1n) is 11.0. The predicted octanol–water partition coefficient (Wildman–Crippen LogP) is 5.32. The molecule has 1 aliphatic heterocycles. The Morgan fingerprint density at radius 3 is 2.59 bits per heavy atom. The summed E-state index contributed by atoms with van der Waals surface area (Å²) in [5.41, 5.74) is 6.52. The van der Waals surface area contributed by atoms with E-state index in [-0.39, 0.29) is 5.91 Å². The zero-order chi connectivity index (χ0) is 21.9. The number of nitrogens with zero attached hydrogens (tertiary/aromatic N) is 4. The standard InChI is InChI=1S/C26H26N4OS/c1-19-6-2-3-7-22(19)17-30-24-16-27-13-12-23(24)28-26(30)32-18-20-8-10-21(11-9-20)25(31)29-14-4-5-15-29/h2-3,6-13,16H,4-5,14-15,17-18H2,1H3. The molecule has 0 N–H and O–H groups in total. The first-order valence-corrected chi connectivity index (χ1v) is 12.0. The lowest BCUT2D eigenvalue weighted by Gasteiger charge is -2.15. The maximum absolute atomic E-state index is 12.6. The van der Waals surface area contributed by atoms with Crippen molar-refractivity contribution in [2.45, 2.75) is 37.2 Å². The highest BCUT2D eigenvalue weighted by atomic mass is 32.2. The van der Waals surface area contributed by atoms with Gasteiger partial charge in [0.05, 0.1) is 23.8 Å². The van der Waals surface area contributed by atoms with Crippen LogP contribution in [0.1, 0.15) is 39.9 Å². The van der Waals surface area contributed by atoms with E-state index in [1.54, 1.807) is 18.0 Å². The minimum atomic E-state index is 0.147. The second-order valence-corrected chi connectivity index (χ2v) is 9.20. The summed E-state index contributed by atoms with van der Waals surface area (Å²) in [4.78, 5) is 23.7. The molecule has 0 spiro atoms. The molecule has 0 unspecified atom stereocenters. The summed E-state index contributed by atoms with van der Waals surface area (Å²) >= 11 is 1.72. The van der Waals surface area contributed by atoms with E-state index < -0.39 is 0 Å². The van der Waals surface area contributed by atoms with Crippen LogP contribution < -0.4 is 0 Å². The van der Waals surface area contributed by atoms with Crippen molar-refractivity contribution in [2.24, 2.45) is 0 Å². The Bertz CT molecular complexity index is 1240. The molecule has 1 fully saturated rings. The number of aromatic nitrogens is 3. The Morgan fingerprint density at radius 1 is 1.03 bits per heavy atom. The Kier molecular flexibility index (Phi) is 5.95. The number of imidazole rings is 1. The van der Waals surface area contributed by atoms with Crippen LogP contribution in [0.25, 0.3) is 11.0 Å². The van der Waals surface area contributed by atoms with Crippen molar-refractivity contribution < 1.29 is 4.79 Å². The SMILES string of the molecule is Cc1ccccc1Cn1c(SCc2ccc(C(=O)N3CCCC3)cc2)nc2ccncc21. The number of amides is 1. The smallest absolute Gasteiger partial charge is 0.253 e. The first-order chi connectivity index (χ1) is 15.7. The van der Waals surface area contributed by atoms with E-state index in [9.17, 15) is 4.79 Å². The van der Waals surface area contributed by atoms with E-state index in [1.165, 1.54) is 16.7 Å². The molecule has 6 heteroatoms. The van der Waals surface area contributed by atoms with Gasteiger partial charge in [0, 0.05) is 30.6 Å². The third kappa shape index (κ3) is 4.28. The van der Waals surface area contributed by atoms with Crippen LogP contribution in [0.2, 0.25) is 0 Å². The highest BCUT2D eigenvalue weighted by Crippen LogP contribution is 2.28. The minimum absolute atomic E-state index is 0.147. The average Bonchev–Trinajstić information content (AvgIpc) is 3.48. The quantitative estimate of drug-likeness (QED) is 0.380. The van der Waals surface area contributed by atoms with Gasteiger partial charge in [-0.2, -0.15) is 0 Å². The van der Waals surface area contributed by atoms with Gasteiger partial charge in [0.1, 0.15) is 0 Å². The highest BCUT2D eigenvalue weighted by molar-refractivity contribution is 7.98. The van der Waals surface area contributed by atoms with Gasteiger partial charge in [0.15, 0.2) is 5.16 Å². The second kappa shape index (κ2) is 9.17. The lowest BCUT2D eigenvalue weighted by atomic mass is 10.1. The molecular formula is C26H26N4OS. The molecule has 0 aliphatic carbocycles. The van der Waals surface area contributed by atoms with Crippen LogP contribution in [0, 0.1) is 6.92 Å². The number of aryl methyl sites for hydroxylation is 1. The molecule has 4 aromatic rings. The van der Waals surface area contributed by atoms with Gasteiger partial charge >= 0.3 is 0 Å². The summed E-state index contributed by atoms with van der Waals surface area (Å²) in [6.45, 7) is 4.66. The number of carbonyl (C=O) groups excluding carboxylic acids is 1. The summed E-state index contributed by atoms with van der Waals surface area (Å²) in [7, 11) is 0. The van der Waals surface area contributed by atoms with Crippen LogP contribution in [-0.2, 0) is 12.3 Å². The molecule has 5 nitrogen and oxygen atoms in total. The normalized spacial score (nSPS) is 13.7. The van der Waals surface area contributed by atoms with Crippen LogP contribution >= 0.6 is 11.8 Å². The van der Waals surface area contributed by atoms with Crippen LogP contribution in [0.15, 0.2) is 72.1 Å². The van der Waals surface area contributed by atoms with Crippen molar-refractivity contribution in [1.29, 1.82) is 0 Å². The van der Waals surface area contributed by atoms with Gasteiger partial charge in [0.2, 0.25) is 0 Å². The van der Waals surface area contributed by atoms with Crippen molar-refractivity contribution in [1.82, 2.24) is 19.4 Å². The zero-order valence-corrected chi connectivity index (χ0v) is 19.0. The van der Waals surface area contributed by atoms with E-state index in [1.807, 2.05) is 29.3 Å². The largest absolute Gasteiger partial charge is 0.339 e. The molecule has 2 aromatic carbocycles. The number of rotatable bonds is 6. The monoisotopic (exact) mass is 442 g/mol. The molecule has 0 bridgehead atoms. The molecule has 0 saturated carbocycles. The molecule has 1 saturated heterocycles. The predicted molar refractivity (Wildman–Crippen MR) is 129 cm³/mol. The number of carbonyl (C=O) groups is 1. The molecule has 3 heterocycles. The van der Waals surface area contributed by atoms with E-state index in [4.69, 9.17) is 4.98 Å². The van der Waals surface area contributed by atoms with Gasteiger partial charge in [-0.25, -0.2) is 4.98 Å². The van der Waals surface area contributed by atoms with Crippen LogP contribution in [0.4, 0.5) is 0 Å². The van der Waals surface area contributed by atoms with Gasteiger partial charge < -0.3 is 9.47 Å². The fraction of sp³-hybridized carbons (Fsp3) is 0.269. The molecule has 32 heavy (non-hydrogen) atoms. The van der Waals surface area contributed by atoms with E-state index >= 15 is 0 Å². The number of fused-ring (bicyclic) bond motifs is 1. The fourth-order valence-electron chi connectivity index (χ4n) is 4.16. The number of pyridine rings is 1. The number of hydrogen-bond acceptors (Lipinski definition) is 4. The van der Waals surface area contributed by atoms with Gasteiger partial charge in [-0.3, -0.25) is 9.78 Å². The maximum atomic E-state index is 12.6. The van der Waals surface area contributed by atoms with Crippen LogP contribution in [0.3, 0.4) is 0 Å². The van der Waals surface area contributed by atoms with Crippen molar-refractivity contribution in [3.05, 3.63) is 89.2 Å². The Hall–Kier alpha value is -3.12. The van der Waals surface area contributed by atoms with Crippen molar-refractivity contribution in [3.63, 3.8) is 0 Å². The van der Waals surface area contributed by atoms with Crippen LogP contribution in [-0.4, -0.2) is 38.4 Å². The van der Waals surface area contributed by atoms with Crippen molar-refractivity contribution in [3.8, 4) is 0 Å². The maximum Gasteiger partial charge on any atom is 0.253 e. The summed E-state index contributed by atoms with van der Waals surface area (Å²) in [5.74, 6) is 0.942. The van der Waals surface area contributed by atoms with Gasteiger partial charge in [-0.1, -0.05) is 48.2 Å². The summed E-state index contributed by atoms with van der Waals surface area (Å²) in [5, 5.41) is 0.980. The van der Waals surface area contributed by atoms with Crippen molar-refractivity contribution in [2.75, 3.05) is 13.1 Å². The van der Waals surface area contributed by atoms with Gasteiger partial charge in [-0.05, 0) is 54.7 Å². The molecule has 1 aliphatic rings. The van der Waals surface area contributed by atoms with E-state index in [0.717, 1.165) is 60.0 Å². The third-order valence-corrected chi connectivity index (χ3v) is 7.11. The molecule has 162 valence electrons. The lowest BCUT2D eigenvalue weighted by molar-refractivity contribution is 0.0793. The summed E-state index contributed by atoms with van der Waals surface area (Å²) in [6.07, 6.45) is 5.90. The molecular weight excluding hydrogens is 416 g/mol. The van der Waals surface area contributed by atoms with Crippen molar-refractivity contribution >= 4 is 28.7 Å². The number of thioether (sulfide) groups is 1. The number of hydrogen-bond donors (Lipinski definition) is 0. The average molecular weight is 443 g/mol. The lowest BCUT2D eigenvalue weighted by Crippen LogP contribution is -2.27. The molecule has 0 radical (unpaired) electrons. The molecule has 2 aromatic heterocycles. The third-order valence-electron chi connectivity index (χ3n) is 6.07. The second-order valence-electron chi connectivity index (χ2n) is 8.26. The number of likely N-dealkylation sites (tertiary alicyclic amines) is 1. The fourth-order valence-corrected chi connectivity index (χ4v) is 5.13. The number of benzene rings is 2. The first kappa shape index (κ1) is 20.8. The molecule has 5 rings (SSSR count). The Labute approximate surface area is 192 Å². The van der Waals surface area contributed by atoms with Gasteiger partial charge in [-0.15, -0.1) is 0 Å². The minimum Gasteiger partial charge on any atom is -0.339 e. The zero-order valence-electron chi connectivity index (χ0n) is 18.2. The Morgan fingerprint density at radius 2 is 1.81 bits per heavy atom. The highest BCUT2D eigenvalue weighted by Gasteiger charge is 2.19. The van der Waals surface area contributed by atoms with E-state index in [2.05, 4.69) is 52.9 Å².